The van der Waals surface area contributed by atoms with Gasteiger partial charge in [0.2, 0.25) is 5.91 Å². The van der Waals surface area contributed by atoms with Gasteiger partial charge in [0.25, 0.3) is 0 Å². The molecule has 180 valence electrons. The van der Waals surface area contributed by atoms with Crippen LogP contribution in [-0.2, 0) is 10.2 Å². The number of aliphatic hydroxyl groups is 1. The molecule has 2 fully saturated rings. The van der Waals surface area contributed by atoms with Gasteiger partial charge in [0.15, 0.2) is 0 Å². The van der Waals surface area contributed by atoms with E-state index in [0.29, 0.717) is 12.6 Å². The Balaban J connectivity index is 0.00000204. The standard InChI is InChI=1S/C24H35FN4O3.2H2/c1-17(30)14-22(31)28-10-6-19(7-11-28)27-12-8-24(9-13-27)16-29(23(32)26(2)3)21-5-4-18(25)15-20(21)24;;/h4-5,15,17,19,30H,6-14,16H2,1-3H3;2*1H/t17-;;/m1../s1. The molecule has 8 heteroatoms. The normalized spacial score (nSPS) is 22.2. The Morgan fingerprint density at radius 3 is 2.47 bits per heavy atom. The van der Waals surface area contributed by atoms with Gasteiger partial charge in [0, 0.05) is 53.7 Å². The molecule has 3 aliphatic heterocycles. The number of halogens is 1. The number of benzene rings is 1. The zero-order valence-electron chi connectivity index (χ0n) is 19.4. The third-order valence-electron chi connectivity index (χ3n) is 7.45. The predicted octanol–water partition coefficient (Wildman–Crippen LogP) is 2.91. The van der Waals surface area contributed by atoms with E-state index in [1.54, 1.807) is 43.0 Å². The number of hydrogen-bond donors (Lipinski definition) is 1. The van der Waals surface area contributed by atoms with Crippen LogP contribution >= 0.6 is 0 Å². The topological polar surface area (TPSA) is 67.3 Å². The number of urea groups is 1. The van der Waals surface area contributed by atoms with Crippen molar-refractivity contribution >= 4 is 17.6 Å². The third kappa shape index (κ3) is 4.35. The van der Waals surface area contributed by atoms with Gasteiger partial charge in [-0.15, -0.1) is 0 Å². The van der Waals surface area contributed by atoms with Gasteiger partial charge in [0.1, 0.15) is 5.82 Å². The maximum atomic E-state index is 14.2. The van der Waals surface area contributed by atoms with Crippen molar-refractivity contribution in [1.29, 1.82) is 0 Å². The first-order valence-corrected chi connectivity index (χ1v) is 11.7. The van der Waals surface area contributed by atoms with E-state index < -0.39 is 6.10 Å². The van der Waals surface area contributed by atoms with Crippen molar-refractivity contribution in [2.45, 2.75) is 56.6 Å². The second-order valence-corrected chi connectivity index (χ2v) is 9.91. The minimum atomic E-state index is -0.600. The van der Waals surface area contributed by atoms with Crippen molar-refractivity contribution < 1.29 is 21.9 Å². The smallest absolute Gasteiger partial charge is 0.323 e. The van der Waals surface area contributed by atoms with Crippen LogP contribution in [0.2, 0.25) is 0 Å². The third-order valence-corrected chi connectivity index (χ3v) is 7.45. The van der Waals surface area contributed by atoms with Crippen LogP contribution in [-0.4, -0.2) is 90.7 Å². The van der Waals surface area contributed by atoms with E-state index in [0.717, 1.165) is 63.1 Å². The largest absolute Gasteiger partial charge is 0.393 e. The molecule has 1 atom stereocenters. The van der Waals surface area contributed by atoms with Crippen LogP contribution in [0, 0.1) is 5.82 Å². The molecule has 7 nitrogen and oxygen atoms in total. The summed E-state index contributed by atoms with van der Waals surface area (Å²) in [6, 6.07) is 5.19. The fourth-order valence-electron chi connectivity index (χ4n) is 5.66. The Labute approximate surface area is 192 Å². The van der Waals surface area contributed by atoms with Gasteiger partial charge >= 0.3 is 6.03 Å². The lowest BCUT2D eigenvalue weighted by Gasteiger charge is -2.45. The highest BCUT2D eigenvalue weighted by molar-refractivity contribution is 5.95. The average Bonchev–Trinajstić information content (AvgIpc) is 3.06. The molecule has 0 saturated carbocycles. The minimum Gasteiger partial charge on any atom is -0.393 e. The van der Waals surface area contributed by atoms with E-state index in [1.807, 2.05) is 4.90 Å². The molecule has 2 saturated heterocycles. The maximum absolute atomic E-state index is 14.2. The average molecular weight is 451 g/mol. The summed E-state index contributed by atoms with van der Waals surface area (Å²) in [5.74, 6) is -0.217. The minimum absolute atomic E-state index is 0. The van der Waals surface area contributed by atoms with Crippen LogP contribution in [0.15, 0.2) is 18.2 Å². The number of anilines is 1. The number of rotatable bonds is 3. The molecule has 3 heterocycles. The highest BCUT2D eigenvalue weighted by atomic mass is 19.1. The van der Waals surface area contributed by atoms with Crippen LogP contribution in [0.3, 0.4) is 0 Å². The van der Waals surface area contributed by atoms with E-state index in [2.05, 4.69) is 4.90 Å². The Bertz CT molecular complexity index is 870. The molecule has 0 unspecified atom stereocenters. The molecule has 4 rings (SSSR count). The lowest BCUT2D eigenvalue weighted by Crippen LogP contribution is -2.53. The summed E-state index contributed by atoms with van der Waals surface area (Å²) < 4.78 is 14.2. The summed E-state index contributed by atoms with van der Waals surface area (Å²) in [6.45, 7) is 5.53. The van der Waals surface area contributed by atoms with E-state index in [4.69, 9.17) is 0 Å². The zero-order valence-corrected chi connectivity index (χ0v) is 19.4. The van der Waals surface area contributed by atoms with E-state index in [1.165, 1.54) is 6.07 Å². The van der Waals surface area contributed by atoms with E-state index >= 15 is 0 Å². The summed E-state index contributed by atoms with van der Waals surface area (Å²) in [4.78, 5) is 32.8. The molecule has 0 radical (unpaired) electrons. The summed E-state index contributed by atoms with van der Waals surface area (Å²) >= 11 is 0. The molecule has 1 aromatic carbocycles. The maximum Gasteiger partial charge on any atom is 0.323 e. The van der Waals surface area contributed by atoms with E-state index in [-0.39, 0.29) is 32.4 Å². The van der Waals surface area contributed by atoms with Gasteiger partial charge in [-0.1, -0.05) is 0 Å². The molecule has 1 aromatic rings. The SMILES string of the molecule is C[C@@H](O)CC(=O)N1CCC(N2CCC3(CC2)CN(C(=O)N(C)C)c2ccc(F)cc23)CC1.[HH].[HH]. The number of piperidine rings is 2. The Morgan fingerprint density at radius 2 is 1.88 bits per heavy atom. The highest BCUT2D eigenvalue weighted by Gasteiger charge is 2.47. The molecule has 32 heavy (non-hydrogen) atoms. The number of carbonyl (C=O) groups excluding carboxylic acids is 2. The lowest BCUT2D eigenvalue weighted by atomic mass is 9.74. The number of nitrogens with zero attached hydrogens (tertiary/aromatic N) is 4. The summed E-state index contributed by atoms with van der Waals surface area (Å²) in [5.41, 5.74) is 1.60. The van der Waals surface area contributed by atoms with Gasteiger partial charge in [-0.05, 0) is 69.5 Å². The fourth-order valence-corrected chi connectivity index (χ4v) is 5.66. The molecule has 1 spiro atoms. The van der Waals surface area contributed by atoms with Gasteiger partial charge in [-0.2, -0.15) is 0 Å². The number of aliphatic hydroxyl groups excluding tert-OH is 1. The van der Waals surface area contributed by atoms with Crippen molar-refractivity contribution in [3.8, 4) is 0 Å². The number of fused-ring (bicyclic) bond motifs is 2. The monoisotopic (exact) mass is 450 g/mol. The molecule has 3 aliphatic rings. The molecule has 3 amide bonds. The van der Waals surface area contributed by atoms with Crippen LogP contribution in [0.4, 0.5) is 14.9 Å². The predicted molar refractivity (Wildman–Crippen MR) is 125 cm³/mol. The molecule has 0 aromatic heterocycles. The molecule has 0 bridgehead atoms. The number of carbonyl (C=O) groups is 2. The Kier molecular flexibility index (Phi) is 6.45. The van der Waals surface area contributed by atoms with Gasteiger partial charge in [-0.25, -0.2) is 9.18 Å². The van der Waals surface area contributed by atoms with Crippen molar-refractivity contribution in [3.63, 3.8) is 0 Å². The second kappa shape index (κ2) is 8.98. The zero-order chi connectivity index (χ0) is 23.0. The molecular formula is C24H39FN4O3. The number of amides is 3. The van der Waals surface area contributed by atoms with Crippen molar-refractivity contribution in [1.82, 2.24) is 14.7 Å². The second-order valence-electron chi connectivity index (χ2n) is 9.91. The highest BCUT2D eigenvalue weighted by Crippen LogP contribution is 2.48. The summed E-state index contributed by atoms with van der Waals surface area (Å²) in [7, 11) is 3.49. The van der Waals surface area contributed by atoms with Crippen molar-refractivity contribution in [2.75, 3.05) is 51.7 Å². The number of hydrogen-bond acceptors (Lipinski definition) is 4. The van der Waals surface area contributed by atoms with Crippen LogP contribution < -0.4 is 4.90 Å². The first-order valence-electron chi connectivity index (χ1n) is 11.7. The van der Waals surface area contributed by atoms with Crippen LogP contribution in [0.1, 0.15) is 47.4 Å². The quantitative estimate of drug-likeness (QED) is 0.769. The van der Waals surface area contributed by atoms with Gasteiger partial charge in [0.05, 0.1) is 12.5 Å². The lowest BCUT2D eigenvalue weighted by molar-refractivity contribution is -0.134. The Morgan fingerprint density at radius 1 is 1.22 bits per heavy atom. The van der Waals surface area contributed by atoms with Gasteiger partial charge < -0.3 is 19.8 Å². The molecular weight excluding hydrogens is 411 g/mol. The Hall–Kier alpha value is -2.19. The summed E-state index contributed by atoms with van der Waals surface area (Å²) in [5, 5.41) is 9.47. The molecule has 0 aliphatic carbocycles. The fraction of sp³-hybridized carbons (Fsp3) is 0.667. The van der Waals surface area contributed by atoms with Crippen molar-refractivity contribution in [2.24, 2.45) is 0 Å². The van der Waals surface area contributed by atoms with Crippen LogP contribution in [0.5, 0.6) is 0 Å². The first-order chi connectivity index (χ1) is 15.2. The van der Waals surface area contributed by atoms with Crippen LogP contribution in [0.25, 0.3) is 0 Å². The molecule has 1 N–H and O–H groups in total. The number of likely N-dealkylation sites (tertiary alicyclic amines) is 2. The summed E-state index contributed by atoms with van der Waals surface area (Å²) in [6.07, 6.45) is 3.25. The van der Waals surface area contributed by atoms with E-state index in [9.17, 15) is 19.1 Å². The van der Waals surface area contributed by atoms with Gasteiger partial charge in [-0.3, -0.25) is 9.69 Å². The van der Waals surface area contributed by atoms with Crippen molar-refractivity contribution in [3.05, 3.63) is 29.6 Å². The first kappa shape index (κ1) is 23.0.